The van der Waals surface area contributed by atoms with Crippen molar-refractivity contribution in [3.63, 3.8) is 0 Å². The van der Waals surface area contributed by atoms with Crippen LogP contribution in [0.3, 0.4) is 0 Å². The van der Waals surface area contributed by atoms with Gasteiger partial charge in [-0.3, -0.25) is 29.4 Å². The monoisotopic (exact) mass is 1550 g/mol. The number of hydroxylamine groups is 1. The summed E-state index contributed by atoms with van der Waals surface area (Å²) in [5.41, 5.74) is 6.60. The molecule has 0 saturated carbocycles. The lowest BCUT2D eigenvalue weighted by atomic mass is 9.75. The minimum absolute atomic E-state index is 0.00222. The van der Waals surface area contributed by atoms with E-state index in [0.29, 0.717) is 47.8 Å². The normalized spacial score (nSPS) is 32.2. The van der Waals surface area contributed by atoms with E-state index in [9.17, 15) is 44.7 Å². The summed E-state index contributed by atoms with van der Waals surface area (Å²) in [7, 11) is 9.78. The van der Waals surface area contributed by atoms with Crippen LogP contribution in [0.1, 0.15) is 76.7 Å². The van der Waals surface area contributed by atoms with E-state index in [4.69, 9.17) is 76.9 Å². The number of rotatable bonds is 32. The number of nitrogens with zero attached hydrogens (tertiary/aromatic N) is 1. The molecule has 4 aliphatic heterocycles. The molecule has 0 spiro atoms. The summed E-state index contributed by atoms with van der Waals surface area (Å²) in [6, 6.07) is -1.61. The molecule has 6 aliphatic rings. The molecule has 98 heavy (non-hydrogen) atoms. The number of ether oxygens (including phenoxy) is 14. The molecule has 2 aliphatic carbocycles. The number of ketones is 1. The highest BCUT2D eigenvalue weighted by atomic mass is 127. The Morgan fingerprint density at radius 3 is 2.24 bits per heavy atom. The number of nitrogens with two attached hydrogens (primary N) is 1. The highest BCUT2D eigenvalue weighted by molar-refractivity contribution is 14.1. The highest BCUT2D eigenvalue weighted by Gasteiger charge is 2.52. The number of hydrogen-bond acceptors (Lipinski definition) is 30. The SMILES string of the molecule is CCN(CC(=O)NCCOCCOCCN)[C@H]1CO[C@@H](O[C@H]2[C@H](O[C@H]3C#CC=CC#C[C@]4(O)CC(=O)C(NC(=O)OC)=C3/C4=C\CSSC(C)C)O[C@H](C)[C@@H](NO[C@H]3C[C@H](O)[C@H](SC(=O)c4c(C)c(I)c(O[C@@H]5O[C@@H](C)[C@H](O)[C@@H](OC)[C@H]5O)c(OC)c4OC)[C@@H](C)O3)[C@@H]2O)C[C@@H]1OC. The number of hydrogen-bond donors (Lipinski definition) is 9. The summed E-state index contributed by atoms with van der Waals surface area (Å²) in [6.07, 6.45) is -15.0. The Kier molecular flexibility index (Phi) is 32.4. The van der Waals surface area contributed by atoms with E-state index in [1.54, 1.807) is 44.6 Å². The van der Waals surface area contributed by atoms with Crippen molar-refractivity contribution in [2.75, 3.05) is 101 Å². The number of aliphatic hydroxyl groups is 5. The first-order valence-corrected chi connectivity index (χ1v) is 36.5. The topological polar surface area (TPSA) is 373 Å². The minimum Gasteiger partial charge on any atom is -0.492 e. The van der Waals surface area contributed by atoms with Gasteiger partial charge in [-0.2, -0.15) is 5.48 Å². The molecule has 7 rings (SSSR count). The molecule has 4 saturated heterocycles. The van der Waals surface area contributed by atoms with Crippen molar-refractivity contribution >= 4 is 78.8 Å². The maximum atomic E-state index is 14.6. The van der Waals surface area contributed by atoms with Gasteiger partial charge in [0.25, 0.3) is 0 Å². The Balaban J connectivity index is 1.13. The van der Waals surface area contributed by atoms with Crippen LogP contribution in [-0.4, -0.2) is 274 Å². The fraction of sp³-hybridized carbons (Fsp3) is 0.692. The van der Waals surface area contributed by atoms with E-state index in [1.807, 2.05) is 48.3 Å². The van der Waals surface area contributed by atoms with E-state index in [-0.39, 0.29) is 90.0 Å². The number of fused-ring (bicyclic) bond motifs is 2. The molecule has 4 fully saturated rings. The number of benzene rings is 1. The Morgan fingerprint density at radius 2 is 1.58 bits per heavy atom. The fourth-order valence-electron chi connectivity index (χ4n) is 11.8. The fourth-order valence-corrected chi connectivity index (χ4v) is 15.5. The van der Waals surface area contributed by atoms with Crippen molar-refractivity contribution in [3.8, 4) is 40.9 Å². The molecule has 1 aromatic rings. The minimum atomic E-state index is -2.10. The highest BCUT2D eigenvalue weighted by Crippen LogP contribution is 2.49. The van der Waals surface area contributed by atoms with Crippen LogP contribution in [0.5, 0.6) is 17.2 Å². The number of carbonyl (C=O) groups excluding carboxylic acids is 4. The first-order chi connectivity index (χ1) is 46.9. The molecule has 29 nitrogen and oxygen atoms in total. The van der Waals surface area contributed by atoms with Crippen molar-refractivity contribution in [1.29, 1.82) is 0 Å². The van der Waals surface area contributed by atoms with E-state index < -0.39 is 139 Å². The quantitative estimate of drug-likeness (QED) is 0.0164. The van der Waals surface area contributed by atoms with Crippen LogP contribution in [-0.2, 0) is 66.5 Å². The number of carbonyl (C=O) groups is 4. The average Bonchev–Trinajstić information content (AvgIpc) is 0.760. The van der Waals surface area contributed by atoms with Crippen LogP contribution >= 0.6 is 55.9 Å². The summed E-state index contributed by atoms with van der Waals surface area (Å²) in [4.78, 5) is 63.3. The number of methoxy groups -OCH3 is 5. The van der Waals surface area contributed by atoms with Crippen LogP contribution in [0.15, 0.2) is 35.1 Å². The van der Waals surface area contributed by atoms with Crippen LogP contribution < -0.4 is 36.1 Å². The average molecular weight is 1550 g/mol. The zero-order valence-corrected chi connectivity index (χ0v) is 61.6. The summed E-state index contributed by atoms with van der Waals surface area (Å²) in [5.74, 6) is 11.0. The lowest BCUT2D eigenvalue weighted by Gasteiger charge is -2.47. The summed E-state index contributed by atoms with van der Waals surface area (Å²) in [6.45, 7) is 15.1. The van der Waals surface area contributed by atoms with Gasteiger partial charge in [0, 0.05) is 62.3 Å². The second kappa shape index (κ2) is 39.1. The Bertz CT molecular complexity index is 3080. The third-order valence-corrected chi connectivity index (χ3v) is 22.3. The molecule has 0 aromatic heterocycles. The van der Waals surface area contributed by atoms with Crippen molar-refractivity contribution in [2.45, 2.75) is 188 Å². The third kappa shape index (κ3) is 20.7. The number of likely N-dealkylation sites (N-methyl/N-ethyl adjacent to an activating group) is 1. The second-order valence-corrected chi connectivity index (χ2v) is 29.0. The van der Waals surface area contributed by atoms with Gasteiger partial charge in [0.05, 0.1) is 130 Å². The van der Waals surface area contributed by atoms with E-state index in [2.05, 4.69) is 39.8 Å². The third-order valence-electron chi connectivity index (χ3n) is 16.8. The molecule has 10 N–H and O–H groups in total. The van der Waals surface area contributed by atoms with Crippen LogP contribution in [0, 0.1) is 34.2 Å². The lowest BCUT2D eigenvalue weighted by Crippen LogP contribution is -2.65. The van der Waals surface area contributed by atoms with Crippen LogP contribution in [0.2, 0.25) is 0 Å². The Hall–Kier alpha value is -3.94. The number of Topliss-reactive ketones (excluding diaryl/α,β-unsaturated/α-hetero) is 1. The van der Waals surface area contributed by atoms with Crippen molar-refractivity contribution < 1.29 is 116 Å². The number of thioether (sulfide) groups is 1. The van der Waals surface area contributed by atoms with Gasteiger partial charge in [0.15, 0.2) is 41.8 Å². The van der Waals surface area contributed by atoms with E-state index >= 15 is 0 Å². The molecular formula is C65H94IN5O24S3. The number of alkyl carbamates (subject to hydrolysis) is 1. The van der Waals surface area contributed by atoms with Gasteiger partial charge >= 0.3 is 6.09 Å². The van der Waals surface area contributed by atoms with Crippen molar-refractivity contribution in [2.24, 2.45) is 5.73 Å². The number of aliphatic hydroxyl groups excluding tert-OH is 4. The van der Waals surface area contributed by atoms with Gasteiger partial charge in [-0.05, 0) is 74.5 Å². The van der Waals surface area contributed by atoms with Gasteiger partial charge in [-0.15, -0.1) is 0 Å². The molecule has 2 amide bonds. The standard InChI is InChI=1S/C65H94IN5O24S3/c1-13-71(31-44(74)68-22-24-87-26-25-86-23-21-67)39-32-88-45(29-43(39)81-8)93-58-53(76)50(35(5)90-63(58)92-42-18-16-14-15-17-20-65(80)30-41(73)51(69-64(79)85-12)48(42)38(65)19-27-96-98-33(2)3)70-95-46-28-40(72)60(37(7)89-46)97-61(78)47-34(4)49(66)56(59(84-11)55(47)82-9)94-62-54(77)57(83-10)52(75)36(6)91-62/h14-15,19,33,35-37,39-40,42-43,45-46,50,52-54,57-58,60,62-63,70,72,75-77,80H,13,21-32,67H2,1-12H3,(H,68,74)(H,69,79)/b15-14?,38-19+/t35-,36+,37-,39+,40+,42+,43+,45+,46+,50-,52+,53+,54-,57-,58-,60-,62+,63+,65+/m1/s1. The predicted octanol–water partition coefficient (Wildman–Crippen LogP) is 2.15. The summed E-state index contributed by atoms with van der Waals surface area (Å²) < 4.78 is 84.4. The van der Waals surface area contributed by atoms with Crippen molar-refractivity contribution in [3.05, 3.63) is 49.8 Å². The number of halogens is 1. The Morgan fingerprint density at radius 1 is 0.867 bits per heavy atom. The first kappa shape index (κ1) is 81.4. The maximum Gasteiger partial charge on any atom is 0.411 e. The summed E-state index contributed by atoms with van der Waals surface area (Å²) in [5, 5.41) is 63.1. The zero-order valence-electron chi connectivity index (χ0n) is 57.0. The van der Waals surface area contributed by atoms with Gasteiger partial charge < -0.3 is 103 Å². The maximum absolute atomic E-state index is 14.6. The molecule has 548 valence electrons. The molecule has 0 radical (unpaired) electrons. The van der Waals surface area contributed by atoms with Gasteiger partial charge in [0.1, 0.15) is 36.6 Å². The molecule has 33 heteroatoms. The van der Waals surface area contributed by atoms with Crippen LogP contribution in [0.4, 0.5) is 4.79 Å². The van der Waals surface area contributed by atoms with Gasteiger partial charge in [0.2, 0.25) is 23.1 Å². The Labute approximate surface area is 597 Å². The number of allylic oxidation sites excluding steroid dienone is 3. The summed E-state index contributed by atoms with van der Waals surface area (Å²) >= 11 is 2.80. The molecular weight excluding hydrogens is 1460 g/mol. The lowest BCUT2D eigenvalue weighted by molar-refractivity contribution is -0.337. The molecule has 2 bridgehead atoms. The molecule has 4 heterocycles. The zero-order chi connectivity index (χ0) is 71.5. The van der Waals surface area contributed by atoms with Crippen LogP contribution in [0.25, 0.3) is 0 Å². The van der Waals surface area contributed by atoms with Gasteiger partial charge in [-0.25, -0.2) is 4.79 Å². The molecule has 0 unspecified atom stereocenters. The second-order valence-electron chi connectivity index (χ2n) is 23.8. The largest absolute Gasteiger partial charge is 0.492 e. The van der Waals surface area contributed by atoms with Crippen molar-refractivity contribution in [1.82, 2.24) is 21.0 Å². The number of amides is 2. The van der Waals surface area contributed by atoms with E-state index in [0.717, 1.165) is 18.9 Å². The smallest absolute Gasteiger partial charge is 0.411 e. The van der Waals surface area contributed by atoms with E-state index in [1.165, 1.54) is 51.4 Å². The number of nitrogens with one attached hydrogen (secondary N) is 3. The first-order valence-electron chi connectivity index (χ1n) is 32.2. The van der Waals surface area contributed by atoms with Gasteiger partial charge in [-0.1, -0.05) is 83.9 Å². The molecule has 19 atom stereocenters. The predicted molar refractivity (Wildman–Crippen MR) is 369 cm³/mol. The molecule has 1 aromatic carbocycles.